The minimum Gasteiger partial charge on any atom is -0.339 e. The van der Waals surface area contributed by atoms with Crippen molar-refractivity contribution in [2.45, 2.75) is 39.7 Å². The molecule has 1 saturated carbocycles. The summed E-state index contributed by atoms with van der Waals surface area (Å²) in [6.07, 6.45) is 3.23. The Morgan fingerprint density at radius 3 is 2.75 bits per heavy atom. The van der Waals surface area contributed by atoms with Crippen molar-refractivity contribution in [3.8, 4) is 0 Å². The van der Waals surface area contributed by atoms with Crippen molar-refractivity contribution < 1.29 is 9.59 Å². The number of piperidine rings is 1. The lowest BCUT2D eigenvalue weighted by atomic mass is 9.92. The highest BCUT2D eigenvalue weighted by Crippen LogP contribution is 2.58. The lowest BCUT2D eigenvalue weighted by molar-refractivity contribution is -0.129. The van der Waals surface area contributed by atoms with Crippen LogP contribution in [0.3, 0.4) is 0 Å². The fourth-order valence-electron chi connectivity index (χ4n) is 3.84. The molecular formula is C19H27N3O2. The van der Waals surface area contributed by atoms with Crippen LogP contribution in [-0.4, -0.2) is 36.3 Å². The molecule has 1 aliphatic heterocycles. The minimum atomic E-state index is 0.0674. The molecule has 2 amide bonds. The Morgan fingerprint density at radius 2 is 2.08 bits per heavy atom. The molecule has 1 aromatic carbocycles. The molecule has 2 fully saturated rings. The monoisotopic (exact) mass is 329 g/mol. The molecule has 2 aliphatic rings. The van der Waals surface area contributed by atoms with Gasteiger partial charge in [0.2, 0.25) is 11.8 Å². The molecule has 1 saturated heterocycles. The van der Waals surface area contributed by atoms with E-state index in [4.69, 9.17) is 0 Å². The van der Waals surface area contributed by atoms with Gasteiger partial charge in [-0.1, -0.05) is 12.1 Å². The van der Waals surface area contributed by atoms with Crippen LogP contribution < -0.4 is 10.6 Å². The molecule has 1 aromatic rings. The fourth-order valence-corrected chi connectivity index (χ4v) is 3.84. The van der Waals surface area contributed by atoms with Crippen molar-refractivity contribution in [1.82, 2.24) is 10.2 Å². The number of hydrogen-bond acceptors (Lipinski definition) is 3. The van der Waals surface area contributed by atoms with E-state index >= 15 is 0 Å². The van der Waals surface area contributed by atoms with Crippen molar-refractivity contribution in [2.75, 3.05) is 25.0 Å². The molecule has 1 unspecified atom stereocenters. The van der Waals surface area contributed by atoms with E-state index in [0.29, 0.717) is 13.1 Å². The van der Waals surface area contributed by atoms with Gasteiger partial charge in [0.15, 0.2) is 0 Å². The van der Waals surface area contributed by atoms with E-state index < -0.39 is 0 Å². The molecule has 5 heteroatoms. The second kappa shape index (κ2) is 6.93. The third-order valence-corrected chi connectivity index (χ3v) is 5.50. The summed E-state index contributed by atoms with van der Waals surface area (Å²) in [4.78, 5) is 25.9. The van der Waals surface area contributed by atoms with Crippen LogP contribution in [0.2, 0.25) is 0 Å². The van der Waals surface area contributed by atoms with Gasteiger partial charge in [0.1, 0.15) is 0 Å². The molecule has 1 aliphatic carbocycles. The molecule has 1 atom stereocenters. The standard InChI is InChI=1S/C19H27N3O2/c1-3-22(14(2)23)13-15-5-4-6-16(11-15)21-18(24)17-12-19(17)7-9-20-10-8-19/h4-6,11,17,20H,3,7-10,12-13H2,1-2H3,(H,21,24). The van der Waals surface area contributed by atoms with Gasteiger partial charge < -0.3 is 15.5 Å². The van der Waals surface area contributed by atoms with E-state index in [-0.39, 0.29) is 23.1 Å². The Kier molecular flexibility index (Phi) is 4.90. The van der Waals surface area contributed by atoms with Gasteiger partial charge in [-0.15, -0.1) is 0 Å². The molecule has 2 N–H and O–H groups in total. The first-order valence-electron chi connectivity index (χ1n) is 8.90. The summed E-state index contributed by atoms with van der Waals surface area (Å²) < 4.78 is 0. The van der Waals surface area contributed by atoms with Crippen LogP contribution in [0.25, 0.3) is 0 Å². The van der Waals surface area contributed by atoms with Gasteiger partial charge in [0, 0.05) is 31.6 Å². The predicted octanol–water partition coefficient (Wildman–Crippen LogP) is 2.38. The lowest BCUT2D eigenvalue weighted by Crippen LogP contribution is -2.31. The number of rotatable bonds is 5. The molecule has 5 nitrogen and oxygen atoms in total. The number of carbonyl (C=O) groups is 2. The zero-order valence-corrected chi connectivity index (χ0v) is 14.6. The minimum absolute atomic E-state index is 0.0674. The highest BCUT2D eigenvalue weighted by atomic mass is 16.2. The van der Waals surface area contributed by atoms with Gasteiger partial charge in [0.05, 0.1) is 0 Å². The Hall–Kier alpha value is -1.88. The SMILES string of the molecule is CCN(Cc1cccc(NC(=O)C2CC23CCNCC3)c1)C(C)=O. The summed E-state index contributed by atoms with van der Waals surface area (Å²) >= 11 is 0. The number of nitrogens with zero attached hydrogens (tertiary/aromatic N) is 1. The Labute approximate surface area is 143 Å². The molecule has 3 rings (SSSR count). The maximum atomic E-state index is 12.6. The van der Waals surface area contributed by atoms with Crippen LogP contribution in [0.4, 0.5) is 5.69 Å². The fraction of sp³-hybridized carbons (Fsp3) is 0.579. The normalized spacial score (nSPS) is 21.3. The predicted molar refractivity (Wildman–Crippen MR) is 94.5 cm³/mol. The van der Waals surface area contributed by atoms with Gasteiger partial charge in [-0.05, 0) is 62.4 Å². The number of benzene rings is 1. The second-order valence-electron chi connectivity index (χ2n) is 7.09. The van der Waals surface area contributed by atoms with Crippen LogP contribution in [-0.2, 0) is 16.1 Å². The lowest BCUT2D eigenvalue weighted by Gasteiger charge is -2.23. The Morgan fingerprint density at radius 1 is 1.33 bits per heavy atom. The first-order chi connectivity index (χ1) is 11.5. The highest BCUT2D eigenvalue weighted by Gasteiger charge is 2.57. The van der Waals surface area contributed by atoms with E-state index in [0.717, 1.165) is 43.6 Å². The van der Waals surface area contributed by atoms with Crippen molar-refractivity contribution >= 4 is 17.5 Å². The second-order valence-corrected chi connectivity index (χ2v) is 7.09. The zero-order valence-electron chi connectivity index (χ0n) is 14.6. The first-order valence-corrected chi connectivity index (χ1v) is 8.90. The average Bonchev–Trinajstić information content (AvgIpc) is 3.26. The van der Waals surface area contributed by atoms with E-state index in [1.807, 2.05) is 31.2 Å². The van der Waals surface area contributed by atoms with Crippen molar-refractivity contribution in [2.24, 2.45) is 11.3 Å². The van der Waals surface area contributed by atoms with Gasteiger partial charge in [0.25, 0.3) is 0 Å². The Balaban J connectivity index is 1.60. The number of anilines is 1. The quantitative estimate of drug-likeness (QED) is 0.872. The zero-order chi connectivity index (χ0) is 17.2. The molecule has 0 radical (unpaired) electrons. The van der Waals surface area contributed by atoms with Crippen molar-refractivity contribution in [3.63, 3.8) is 0 Å². The summed E-state index contributed by atoms with van der Waals surface area (Å²) in [6, 6.07) is 7.82. The maximum absolute atomic E-state index is 12.6. The highest BCUT2D eigenvalue weighted by molar-refractivity contribution is 5.95. The van der Waals surface area contributed by atoms with Gasteiger partial charge in [-0.2, -0.15) is 0 Å². The van der Waals surface area contributed by atoms with Gasteiger partial charge in [-0.25, -0.2) is 0 Å². The summed E-state index contributed by atoms with van der Waals surface area (Å²) in [5, 5.41) is 6.44. The molecule has 0 aromatic heterocycles. The molecule has 130 valence electrons. The van der Waals surface area contributed by atoms with Crippen LogP contribution in [0.1, 0.15) is 38.7 Å². The van der Waals surface area contributed by atoms with Gasteiger partial charge in [-0.3, -0.25) is 9.59 Å². The summed E-state index contributed by atoms with van der Waals surface area (Å²) in [6.45, 7) is 6.87. The largest absolute Gasteiger partial charge is 0.339 e. The molecule has 0 bridgehead atoms. The third-order valence-electron chi connectivity index (χ3n) is 5.50. The summed E-state index contributed by atoms with van der Waals surface area (Å²) in [5.41, 5.74) is 2.12. The number of carbonyl (C=O) groups excluding carboxylic acids is 2. The van der Waals surface area contributed by atoms with Crippen LogP contribution >= 0.6 is 0 Å². The van der Waals surface area contributed by atoms with Crippen LogP contribution in [0, 0.1) is 11.3 Å². The number of nitrogens with one attached hydrogen (secondary N) is 2. The summed E-state index contributed by atoms with van der Waals surface area (Å²) in [7, 11) is 0. The maximum Gasteiger partial charge on any atom is 0.228 e. The molecular weight excluding hydrogens is 302 g/mol. The van der Waals surface area contributed by atoms with Crippen molar-refractivity contribution in [3.05, 3.63) is 29.8 Å². The van der Waals surface area contributed by atoms with E-state index in [1.54, 1.807) is 11.8 Å². The van der Waals surface area contributed by atoms with Crippen LogP contribution in [0.5, 0.6) is 0 Å². The van der Waals surface area contributed by atoms with Crippen molar-refractivity contribution in [1.29, 1.82) is 0 Å². The number of amides is 2. The molecule has 24 heavy (non-hydrogen) atoms. The topological polar surface area (TPSA) is 61.4 Å². The Bertz CT molecular complexity index is 623. The third kappa shape index (κ3) is 3.61. The van der Waals surface area contributed by atoms with E-state index in [9.17, 15) is 9.59 Å². The average molecular weight is 329 g/mol. The van der Waals surface area contributed by atoms with E-state index in [2.05, 4.69) is 10.6 Å². The molecule has 1 heterocycles. The van der Waals surface area contributed by atoms with Gasteiger partial charge >= 0.3 is 0 Å². The summed E-state index contributed by atoms with van der Waals surface area (Å²) in [5.74, 6) is 0.373. The number of hydrogen-bond donors (Lipinski definition) is 2. The first kappa shape index (κ1) is 17.0. The molecule has 1 spiro atoms. The van der Waals surface area contributed by atoms with E-state index in [1.165, 1.54) is 0 Å². The van der Waals surface area contributed by atoms with Crippen LogP contribution in [0.15, 0.2) is 24.3 Å². The smallest absolute Gasteiger partial charge is 0.228 e.